The number of nitro groups is 1. The molecule has 0 fully saturated rings. The van der Waals surface area contributed by atoms with Crippen molar-refractivity contribution in [2.24, 2.45) is 0 Å². The number of rotatable bonds is 6. The number of anilines is 1. The van der Waals surface area contributed by atoms with Crippen LogP contribution in [0.5, 0.6) is 0 Å². The molecule has 1 unspecified atom stereocenters. The van der Waals surface area contributed by atoms with E-state index in [1.165, 1.54) is 11.6 Å². The van der Waals surface area contributed by atoms with E-state index < -0.39 is 16.9 Å². The molecular formula is C17H16Cl2N6O3. The highest BCUT2D eigenvalue weighted by Gasteiger charge is 2.24. The van der Waals surface area contributed by atoms with Gasteiger partial charge in [0.25, 0.3) is 0 Å². The minimum absolute atomic E-state index is 0.148. The Morgan fingerprint density at radius 1 is 1.32 bits per heavy atom. The maximum Gasteiger partial charge on any atom is 0.309 e. The van der Waals surface area contributed by atoms with Crippen LogP contribution in [0.25, 0.3) is 0 Å². The Bertz CT molecular complexity index is 1030. The molecule has 146 valence electrons. The molecule has 1 atom stereocenters. The summed E-state index contributed by atoms with van der Waals surface area (Å²) in [6, 6.07) is 6.50. The number of carbonyl (C=O) groups is 1. The summed E-state index contributed by atoms with van der Waals surface area (Å²) in [5.41, 5.74) is 1.10. The van der Waals surface area contributed by atoms with E-state index in [9.17, 15) is 14.9 Å². The van der Waals surface area contributed by atoms with Crippen LogP contribution in [-0.4, -0.2) is 30.4 Å². The molecule has 0 aliphatic carbocycles. The first kappa shape index (κ1) is 19.8. The van der Waals surface area contributed by atoms with E-state index in [0.29, 0.717) is 11.6 Å². The monoisotopic (exact) mass is 422 g/mol. The molecule has 1 aromatic carbocycles. The van der Waals surface area contributed by atoms with Crippen LogP contribution in [0, 0.1) is 17.0 Å². The first-order valence-corrected chi connectivity index (χ1v) is 8.98. The molecule has 1 N–H and O–H groups in total. The van der Waals surface area contributed by atoms with Crippen LogP contribution < -0.4 is 5.32 Å². The molecule has 11 heteroatoms. The summed E-state index contributed by atoms with van der Waals surface area (Å²) in [7, 11) is 0. The van der Waals surface area contributed by atoms with Crippen molar-refractivity contribution in [1.82, 2.24) is 19.6 Å². The number of benzene rings is 1. The molecule has 2 aromatic heterocycles. The van der Waals surface area contributed by atoms with E-state index >= 15 is 0 Å². The predicted octanol–water partition coefficient (Wildman–Crippen LogP) is 3.85. The smallest absolute Gasteiger partial charge is 0.306 e. The van der Waals surface area contributed by atoms with Crippen molar-refractivity contribution in [3.8, 4) is 0 Å². The molecule has 0 saturated heterocycles. The Labute approximate surface area is 170 Å². The molecule has 28 heavy (non-hydrogen) atoms. The Balaban J connectivity index is 1.72. The van der Waals surface area contributed by atoms with Gasteiger partial charge in [0.1, 0.15) is 23.0 Å². The number of nitrogens with one attached hydrogen (secondary N) is 1. The van der Waals surface area contributed by atoms with Crippen LogP contribution >= 0.6 is 23.2 Å². The standard InChI is InChI=1S/C17H16Cl2N6O3/c1-10-15(25(27)28)7-20-24(10)11(2)17(26)21-16-14(19)9-23(22-16)8-12-3-5-13(18)6-4-12/h3-7,9,11H,8H2,1-2H3,(H,21,22,26). The highest BCUT2D eigenvalue weighted by molar-refractivity contribution is 6.33. The number of hydrogen-bond donors (Lipinski definition) is 1. The van der Waals surface area contributed by atoms with Crippen molar-refractivity contribution in [1.29, 1.82) is 0 Å². The van der Waals surface area contributed by atoms with Crippen molar-refractivity contribution in [2.75, 3.05) is 5.32 Å². The second-order valence-electron chi connectivity index (χ2n) is 6.13. The fourth-order valence-electron chi connectivity index (χ4n) is 2.66. The van der Waals surface area contributed by atoms with Crippen molar-refractivity contribution in [3.63, 3.8) is 0 Å². The van der Waals surface area contributed by atoms with Gasteiger partial charge in [-0.25, -0.2) is 0 Å². The summed E-state index contributed by atoms with van der Waals surface area (Å²) in [5.74, 6) is -0.244. The number of aromatic nitrogens is 4. The third-order valence-corrected chi connectivity index (χ3v) is 4.71. The zero-order valence-corrected chi connectivity index (χ0v) is 16.5. The molecule has 1 amide bonds. The van der Waals surface area contributed by atoms with E-state index in [-0.39, 0.29) is 22.2 Å². The summed E-state index contributed by atoms with van der Waals surface area (Å²) in [6.07, 6.45) is 2.72. The van der Waals surface area contributed by atoms with Gasteiger partial charge in [-0.05, 0) is 31.5 Å². The lowest BCUT2D eigenvalue weighted by Crippen LogP contribution is -2.25. The van der Waals surface area contributed by atoms with Gasteiger partial charge >= 0.3 is 5.69 Å². The highest BCUT2D eigenvalue weighted by Crippen LogP contribution is 2.24. The predicted molar refractivity (Wildman–Crippen MR) is 105 cm³/mol. The van der Waals surface area contributed by atoms with Crippen LogP contribution in [0.1, 0.15) is 24.2 Å². The van der Waals surface area contributed by atoms with Crippen molar-refractivity contribution < 1.29 is 9.72 Å². The quantitative estimate of drug-likeness (QED) is 0.479. The number of halogens is 2. The van der Waals surface area contributed by atoms with Gasteiger partial charge in [-0.2, -0.15) is 10.2 Å². The Morgan fingerprint density at radius 3 is 2.61 bits per heavy atom. The average Bonchev–Trinajstić information content (AvgIpc) is 3.19. The SMILES string of the molecule is Cc1c([N+](=O)[O-])cnn1C(C)C(=O)Nc1nn(Cc2ccc(Cl)cc2)cc1Cl. The van der Waals surface area contributed by atoms with Gasteiger partial charge in [-0.15, -0.1) is 0 Å². The summed E-state index contributed by atoms with van der Waals surface area (Å²) >= 11 is 12.1. The summed E-state index contributed by atoms with van der Waals surface area (Å²) in [4.78, 5) is 22.9. The van der Waals surface area contributed by atoms with Gasteiger partial charge < -0.3 is 5.32 Å². The maximum atomic E-state index is 12.5. The molecule has 0 bridgehead atoms. The molecular weight excluding hydrogens is 407 g/mol. The van der Waals surface area contributed by atoms with Gasteiger partial charge in [0.05, 0.1) is 11.5 Å². The Morgan fingerprint density at radius 2 is 2.00 bits per heavy atom. The number of nitrogens with zero attached hydrogens (tertiary/aromatic N) is 5. The molecule has 3 rings (SSSR count). The number of hydrogen-bond acceptors (Lipinski definition) is 5. The van der Waals surface area contributed by atoms with E-state index in [2.05, 4.69) is 15.5 Å². The molecule has 0 aliphatic heterocycles. The third kappa shape index (κ3) is 4.15. The lowest BCUT2D eigenvalue weighted by atomic mass is 10.2. The lowest BCUT2D eigenvalue weighted by Gasteiger charge is -2.13. The first-order valence-electron chi connectivity index (χ1n) is 8.23. The van der Waals surface area contributed by atoms with E-state index in [1.54, 1.807) is 29.9 Å². The van der Waals surface area contributed by atoms with Crippen LogP contribution in [0.15, 0.2) is 36.7 Å². The van der Waals surface area contributed by atoms with Gasteiger partial charge in [-0.3, -0.25) is 24.3 Å². The lowest BCUT2D eigenvalue weighted by molar-refractivity contribution is -0.385. The second kappa shape index (κ2) is 7.99. The summed E-state index contributed by atoms with van der Waals surface area (Å²) in [6.45, 7) is 3.56. The van der Waals surface area contributed by atoms with Crippen LogP contribution in [0.4, 0.5) is 11.5 Å². The van der Waals surface area contributed by atoms with Crippen LogP contribution in [-0.2, 0) is 11.3 Å². The fourth-order valence-corrected chi connectivity index (χ4v) is 2.98. The fraction of sp³-hybridized carbons (Fsp3) is 0.235. The molecule has 0 spiro atoms. The van der Waals surface area contributed by atoms with Gasteiger partial charge in [0.15, 0.2) is 5.82 Å². The van der Waals surface area contributed by atoms with Crippen molar-refractivity contribution >= 4 is 40.6 Å². The largest absolute Gasteiger partial charge is 0.309 e. The average molecular weight is 423 g/mol. The third-order valence-electron chi connectivity index (χ3n) is 4.18. The highest BCUT2D eigenvalue weighted by atomic mass is 35.5. The normalized spacial score (nSPS) is 12.0. The summed E-state index contributed by atoms with van der Waals surface area (Å²) in [5, 5.41) is 22.7. The van der Waals surface area contributed by atoms with Gasteiger partial charge in [0.2, 0.25) is 5.91 Å². The van der Waals surface area contributed by atoms with E-state index in [4.69, 9.17) is 23.2 Å². The van der Waals surface area contributed by atoms with Gasteiger partial charge in [-0.1, -0.05) is 35.3 Å². The zero-order chi connectivity index (χ0) is 20.4. The van der Waals surface area contributed by atoms with Crippen molar-refractivity contribution in [2.45, 2.75) is 26.4 Å². The number of carbonyl (C=O) groups excluding carboxylic acids is 1. The minimum Gasteiger partial charge on any atom is -0.306 e. The first-order chi connectivity index (χ1) is 13.3. The molecule has 0 radical (unpaired) electrons. The maximum absolute atomic E-state index is 12.5. The number of amides is 1. The molecule has 2 heterocycles. The summed E-state index contributed by atoms with van der Waals surface area (Å²) < 4.78 is 2.88. The second-order valence-corrected chi connectivity index (χ2v) is 6.98. The molecule has 3 aromatic rings. The topological polar surface area (TPSA) is 108 Å². The van der Waals surface area contributed by atoms with E-state index in [1.807, 2.05) is 12.1 Å². The Hall–Kier alpha value is -2.91. The minimum atomic E-state index is -0.786. The van der Waals surface area contributed by atoms with Gasteiger partial charge in [0, 0.05) is 11.2 Å². The van der Waals surface area contributed by atoms with Crippen LogP contribution in [0.2, 0.25) is 10.0 Å². The Kier molecular flexibility index (Phi) is 5.66. The molecule has 0 saturated carbocycles. The molecule has 9 nitrogen and oxygen atoms in total. The van der Waals surface area contributed by atoms with Crippen molar-refractivity contribution in [3.05, 3.63) is 68.1 Å². The molecule has 0 aliphatic rings. The zero-order valence-electron chi connectivity index (χ0n) is 15.0. The van der Waals surface area contributed by atoms with Crippen LogP contribution in [0.3, 0.4) is 0 Å². The van der Waals surface area contributed by atoms with E-state index in [0.717, 1.165) is 11.8 Å².